The molecule has 0 amide bonds. The molecule has 1 N–H and O–H groups in total. The highest BCUT2D eigenvalue weighted by atomic mass is 32.2. The van der Waals surface area contributed by atoms with Crippen LogP contribution in [0.4, 0.5) is 5.69 Å². The van der Waals surface area contributed by atoms with Crippen molar-refractivity contribution < 1.29 is 13.5 Å². The van der Waals surface area contributed by atoms with E-state index in [2.05, 4.69) is 0 Å². The Hall–Kier alpha value is -1.31. The minimum atomic E-state index is -3.30. The number of hydrogen-bond acceptors (Lipinski definition) is 4. The van der Waals surface area contributed by atoms with Crippen molar-refractivity contribution in [2.75, 3.05) is 44.2 Å². The Morgan fingerprint density at radius 2 is 1.43 bits per heavy atom. The number of anilines is 1. The van der Waals surface area contributed by atoms with Gasteiger partial charge in [0.05, 0.1) is 5.69 Å². The van der Waals surface area contributed by atoms with Gasteiger partial charge in [-0.2, -0.15) is 17.0 Å². The molecule has 0 unspecified atom stereocenters. The molecule has 2 fully saturated rings. The Morgan fingerprint density at radius 3 is 2.05 bits per heavy atom. The molecule has 2 aliphatic rings. The van der Waals surface area contributed by atoms with Gasteiger partial charge in [-0.25, -0.2) is 0 Å². The van der Waals surface area contributed by atoms with Crippen molar-refractivity contribution in [2.45, 2.75) is 12.8 Å². The maximum Gasteiger partial charge on any atom is 0.282 e. The second-order valence-electron chi connectivity index (χ2n) is 5.49. The average Bonchev–Trinajstić information content (AvgIpc) is 3.03. The monoisotopic (exact) mass is 311 g/mol. The summed E-state index contributed by atoms with van der Waals surface area (Å²) in [5.41, 5.74) is 0.774. The van der Waals surface area contributed by atoms with E-state index in [1.165, 1.54) is 0 Å². The number of nitrogens with zero attached hydrogens (tertiary/aromatic N) is 3. The van der Waals surface area contributed by atoms with E-state index in [0.29, 0.717) is 39.3 Å². The highest BCUT2D eigenvalue weighted by Crippen LogP contribution is 2.28. The van der Waals surface area contributed by atoms with Crippen molar-refractivity contribution in [3.8, 4) is 5.75 Å². The lowest BCUT2D eigenvalue weighted by molar-refractivity contribution is 0.342. The van der Waals surface area contributed by atoms with Crippen molar-refractivity contribution >= 4 is 15.9 Å². The van der Waals surface area contributed by atoms with Crippen LogP contribution in [0, 0.1) is 0 Å². The zero-order valence-electron chi connectivity index (χ0n) is 12.0. The van der Waals surface area contributed by atoms with Crippen LogP contribution in [0.15, 0.2) is 24.3 Å². The molecule has 2 heterocycles. The minimum Gasteiger partial charge on any atom is -0.506 e. The van der Waals surface area contributed by atoms with E-state index < -0.39 is 10.2 Å². The maximum atomic E-state index is 12.5. The number of piperazine rings is 1. The van der Waals surface area contributed by atoms with Crippen molar-refractivity contribution in [3.63, 3.8) is 0 Å². The fourth-order valence-electron chi connectivity index (χ4n) is 2.97. The first kappa shape index (κ1) is 14.6. The third-order valence-corrected chi connectivity index (χ3v) is 6.21. The van der Waals surface area contributed by atoms with Gasteiger partial charge in [-0.15, -0.1) is 0 Å². The van der Waals surface area contributed by atoms with Gasteiger partial charge in [-0.05, 0) is 25.0 Å². The lowest BCUT2D eigenvalue weighted by atomic mass is 10.2. The first-order valence-electron chi connectivity index (χ1n) is 7.37. The molecule has 116 valence electrons. The van der Waals surface area contributed by atoms with Gasteiger partial charge in [0, 0.05) is 39.3 Å². The van der Waals surface area contributed by atoms with E-state index in [1.54, 1.807) is 20.7 Å². The normalized spacial score (nSPS) is 21.8. The molecule has 21 heavy (non-hydrogen) atoms. The Morgan fingerprint density at radius 1 is 0.857 bits per heavy atom. The predicted molar refractivity (Wildman–Crippen MR) is 81.6 cm³/mol. The average molecular weight is 311 g/mol. The standard InChI is InChI=1S/C14H21N3O3S/c18-14-6-2-1-5-13(14)15-9-11-17(12-10-15)21(19,20)16-7-3-4-8-16/h1-2,5-6,18H,3-4,7-12H2. The van der Waals surface area contributed by atoms with Crippen molar-refractivity contribution in [2.24, 2.45) is 0 Å². The maximum absolute atomic E-state index is 12.5. The van der Waals surface area contributed by atoms with E-state index in [1.807, 2.05) is 17.0 Å². The molecular formula is C14H21N3O3S. The number of rotatable bonds is 3. The van der Waals surface area contributed by atoms with E-state index in [0.717, 1.165) is 18.5 Å². The summed E-state index contributed by atoms with van der Waals surface area (Å²) < 4.78 is 28.1. The summed E-state index contributed by atoms with van der Waals surface area (Å²) in [6, 6.07) is 7.18. The van der Waals surface area contributed by atoms with E-state index in [4.69, 9.17) is 0 Å². The fourth-order valence-corrected chi connectivity index (χ4v) is 4.64. The molecule has 2 aliphatic heterocycles. The SMILES string of the molecule is O=S(=O)(N1CCCC1)N1CCN(c2ccccc2O)CC1. The predicted octanol–water partition coefficient (Wildman–Crippen LogP) is 0.855. The van der Waals surface area contributed by atoms with E-state index in [-0.39, 0.29) is 5.75 Å². The summed E-state index contributed by atoms with van der Waals surface area (Å²) in [4.78, 5) is 2.03. The van der Waals surface area contributed by atoms with Crippen molar-refractivity contribution in [3.05, 3.63) is 24.3 Å². The van der Waals surface area contributed by atoms with E-state index >= 15 is 0 Å². The van der Waals surface area contributed by atoms with Gasteiger partial charge in [0.1, 0.15) is 5.75 Å². The third kappa shape index (κ3) is 2.86. The first-order valence-corrected chi connectivity index (χ1v) is 8.77. The quantitative estimate of drug-likeness (QED) is 0.899. The Kier molecular flexibility index (Phi) is 4.05. The van der Waals surface area contributed by atoms with Crippen LogP contribution in [0.1, 0.15) is 12.8 Å². The molecule has 0 aliphatic carbocycles. The van der Waals surface area contributed by atoms with Crippen molar-refractivity contribution in [1.82, 2.24) is 8.61 Å². The minimum absolute atomic E-state index is 0.244. The lowest BCUT2D eigenvalue weighted by Gasteiger charge is -2.37. The first-order chi connectivity index (χ1) is 10.1. The summed E-state index contributed by atoms with van der Waals surface area (Å²) >= 11 is 0. The summed E-state index contributed by atoms with van der Waals surface area (Å²) in [6.45, 7) is 3.42. The highest BCUT2D eigenvalue weighted by Gasteiger charge is 2.33. The molecule has 7 heteroatoms. The number of benzene rings is 1. The van der Waals surface area contributed by atoms with Crippen LogP contribution in [-0.4, -0.2) is 61.4 Å². The molecule has 0 spiro atoms. The summed E-state index contributed by atoms with van der Waals surface area (Å²) in [7, 11) is -3.30. The summed E-state index contributed by atoms with van der Waals surface area (Å²) in [5, 5.41) is 9.88. The number of phenolic OH excluding ortho intramolecular Hbond substituents is 1. The van der Waals surface area contributed by atoms with Gasteiger partial charge in [0.25, 0.3) is 10.2 Å². The number of aromatic hydroxyl groups is 1. The van der Waals surface area contributed by atoms with Crippen LogP contribution >= 0.6 is 0 Å². The molecule has 0 radical (unpaired) electrons. The molecule has 0 atom stereocenters. The molecule has 3 rings (SSSR count). The summed E-state index contributed by atoms with van der Waals surface area (Å²) in [5.74, 6) is 0.244. The highest BCUT2D eigenvalue weighted by molar-refractivity contribution is 7.86. The zero-order chi connectivity index (χ0) is 14.9. The van der Waals surface area contributed by atoms with E-state index in [9.17, 15) is 13.5 Å². The number of para-hydroxylation sites is 2. The molecule has 0 aromatic heterocycles. The molecule has 6 nitrogen and oxygen atoms in total. The van der Waals surface area contributed by atoms with Crippen LogP contribution in [0.25, 0.3) is 0 Å². The van der Waals surface area contributed by atoms with Gasteiger partial charge >= 0.3 is 0 Å². The van der Waals surface area contributed by atoms with Crippen LogP contribution in [0.5, 0.6) is 5.75 Å². The second-order valence-corrected chi connectivity index (χ2v) is 7.42. The Bertz CT molecular complexity index is 591. The van der Waals surface area contributed by atoms with Gasteiger partial charge in [0.2, 0.25) is 0 Å². The molecule has 1 aromatic carbocycles. The van der Waals surface area contributed by atoms with Crippen LogP contribution in [0.3, 0.4) is 0 Å². The molecule has 1 aromatic rings. The summed E-state index contributed by atoms with van der Waals surface area (Å²) in [6.07, 6.45) is 1.91. The van der Waals surface area contributed by atoms with Crippen molar-refractivity contribution in [1.29, 1.82) is 0 Å². The Labute approximate surface area is 125 Å². The van der Waals surface area contributed by atoms with Gasteiger partial charge in [-0.3, -0.25) is 0 Å². The van der Waals surface area contributed by atoms with Gasteiger partial charge in [-0.1, -0.05) is 12.1 Å². The van der Waals surface area contributed by atoms with Crippen LogP contribution < -0.4 is 4.90 Å². The van der Waals surface area contributed by atoms with Crippen LogP contribution in [0.2, 0.25) is 0 Å². The molecule has 0 saturated carbocycles. The van der Waals surface area contributed by atoms with Gasteiger partial charge in [0.15, 0.2) is 0 Å². The third-order valence-electron chi connectivity index (χ3n) is 4.18. The molecule has 2 saturated heterocycles. The van der Waals surface area contributed by atoms with Crippen LogP contribution in [-0.2, 0) is 10.2 Å². The topological polar surface area (TPSA) is 64.1 Å². The number of hydrogen-bond donors (Lipinski definition) is 1. The zero-order valence-corrected chi connectivity index (χ0v) is 12.8. The lowest BCUT2D eigenvalue weighted by Crippen LogP contribution is -2.52. The second kappa shape index (κ2) is 5.82. The largest absolute Gasteiger partial charge is 0.506 e. The number of phenols is 1. The Balaban J connectivity index is 1.66. The smallest absolute Gasteiger partial charge is 0.282 e. The molecule has 0 bridgehead atoms. The molecular weight excluding hydrogens is 290 g/mol. The fraction of sp³-hybridized carbons (Fsp3) is 0.571. The van der Waals surface area contributed by atoms with Gasteiger partial charge < -0.3 is 10.0 Å².